The molecule has 0 aliphatic carbocycles. The molecule has 2 N–H and O–H groups in total. The molecule has 0 aliphatic heterocycles. The average molecular weight is 349 g/mol. The summed E-state index contributed by atoms with van der Waals surface area (Å²) in [5, 5.41) is 6.63. The van der Waals surface area contributed by atoms with Crippen molar-refractivity contribution in [1.29, 1.82) is 0 Å². The van der Waals surface area contributed by atoms with Crippen LogP contribution in [-0.4, -0.2) is 32.7 Å². The van der Waals surface area contributed by atoms with Crippen molar-refractivity contribution in [3.05, 3.63) is 53.6 Å². The molecule has 0 bridgehead atoms. The monoisotopic (exact) mass is 348 g/mol. The molecule has 0 unspecified atom stereocenters. The van der Waals surface area contributed by atoms with Gasteiger partial charge in [-0.25, -0.2) is 0 Å². The number of carbonyl (C=O) groups excluding carboxylic acids is 1. The van der Waals surface area contributed by atoms with Gasteiger partial charge in [0.2, 0.25) is 5.91 Å². The van der Waals surface area contributed by atoms with Crippen molar-refractivity contribution >= 4 is 23.2 Å². The number of benzene rings is 2. The van der Waals surface area contributed by atoms with Crippen LogP contribution in [0, 0.1) is 0 Å². The van der Waals surface area contributed by atoms with Crippen molar-refractivity contribution < 1.29 is 14.3 Å². The summed E-state index contributed by atoms with van der Waals surface area (Å²) in [6, 6.07) is 14.5. The minimum Gasteiger partial charge on any atom is -0.497 e. The normalized spacial score (nSPS) is 10.2. The van der Waals surface area contributed by atoms with Crippen LogP contribution in [0.5, 0.6) is 11.5 Å². The molecule has 0 aromatic heterocycles. The highest BCUT2D eigenvalue weighted by Crippen LogP contribution is 2.16. The van der Waals surface area contributed by atoms with E-state index >= 15 is 0 Å². The van der Waals surface area contributed by atoms with Gasteiger partial charge in [0.25, 0.3) is 0 Å². The Labute approximate surface area is 146 Å². The predicted molar refractivity (Wildman–Crippen MR) is 96.1 cm³/mol. The largest absolute Gasteiger partial charge is 0.497 e. The first-order chi connectivity index (χ1) is 11.7. The molecule has 0 fully saturated rings. The minimum absolute atomic E-state index is 0.0408. The lowest BCUT2D eigenvalue weighted by Gasteiger charge is -2.09. The minimum atomic E-state index is -0.0408. The van der Waals surface area contributed by atoms with Crippen molar-refractivity contribution in [2.45, 2.75) is 6.42 Å². The molecule has 0 heterocycles. The number of ether oxygens (including phenoxy) is 2. The van der Waals surface area contributed by atoms with Gasteiger partial charge in [0, 0.05) is 30.2 Å². The topological polar surface area (TPSA) is 59.6 Å². The molecule has 1 amide bonds. The van der Waals surface area contributed by atoms with Crippen LogP contribution in [0.2, 0.25) is 5.02 Å². The Kier molecular flexibility index (Phi) is 7.39. The fourth-order valence-corrected chi connectivity index (χ4v) is 2.12. The Hall–Kier alpha value is -2.24. The Balaban J connectivity index is 1.55. The number of nitrogens with one attached hydrogen (secondary N) is 2. The van der Waals surface area contributed by atoms with Crippen molar-refractivity contribution in [1.82, 2.24) is 5.32 Å². The summed E-state index contributed by atoms with van der Waals surface area (Å²) in [4.78, 5) is 11.8. The van der Waals surface area contributed by atoms with Crippen molar-refractivity contribution in [3.8, 4) is 11.5 Å². The van der Waals surface area contributed by atoms with Gasteiger partial charge in [-0.1, -0.05) is 11.6 Å². The number of rotatable bonds is 9. The van der Waals surface area contributed by atoms with E-state index in [2.05, 4.69) is 10.6 Å². The van der Waals surface area contributed by atoms with E-state index in [1.165, 1.54) is 0 Å². The Morgan fingerprint density at radius 3 is 2.33 bits per heavy atom. The van der Waals surface area contributed by atoms with Gasteiger partial charge in [-0.2, -0.15) is 0 Å². The van der Waals surface area contributed by atoms with E-state index in [1.807, 2.05) is 24.3 Å². The van der Waals surface area contributed by atoms with Crippen LogP contribution < -0.4 is 20.1 Å². The molecule has 6 heteroatoms. The third-order valence-electron chi connectivity index (χ3n) is 3.26. The molecule has 0 atom stereocenters. The summed E-state index contributed by atoms with van der Waals surface area (Å²) in [7, 11) is 1.63. The molecule has 0 radical (unpaired) electrons. The molecule has 5 nitrogen and oxygen atoms in total. The second-order valence-electron chi connectivity index (χ2n) is 5.08. The fourth-order valence-electron chi connectivity index (χ4n) is 2.00. The molecule has 2 aromatic rings. The van der Waals surface area contributed by atoms with Crippen molar-refractivity contribution in [2.75, 3.05) is 32.1 Å². The summed E-state index contributed by atoms with van der Waals surface area (Å²) in [5.41, 5.74) is 0.743. The fraction of sp³-hybridized carbons (Fsp3) is 0.278. The van der Waals surface area contributed by atoms with Gasteiger partial charge >= 0.3 is 0 Å². The van der Waals surface area contributed by atoms with Crippen molar-refractivity contribution in [3.63, 3.8) is 0 Å². The Bertz CT molecular complexity index is 630. The van der Waals surface area contributed by atoms with Gasteiger partial charge in [0.05, 0.1) is 7.11 Å². The van der Waals surface area contributed by atoms with E-state index < -0.39 is 0 Å². The summed E-state index contributed by atoms with van der Waals surface area (Å²) < 4.78 is 10.7. The molecule has 0 aliphatic rings. The first kappa shape index (κ1) is 18.1. The van der Waals surface area contributed by atoms with E-state index in [4.69, 9.17) is 21.1 Å². The molecular formula is C18H21ClN2O3. The number of hydrogen-bond donors (Lipinski definition) is 2. The lowest BCUT2D eigenvalue weighted by atomic mass is 10.3. The molecule has 0 saturated heterocycles. The van der Waals surface area contributed by atoms with Gasteiger partial charge in [-0.15, -0.1) is 0 Å². The molecule has 24 heavy (non-hydrogen) atoms. The van der Waals surface area contributed by atoms with Crippen LogP contribution >= 0.6 is 11.6 Å². The summed E-state index contributed by atoms with van der Waals surface area (Å²) in [6.45, 7) is 1.79. The highest BCUT2D eigenvalue weighted by atomic mass is 35.5. The van der Waals surface area contributed by atoms with Crippen LogP contribution in [0.4, 0.5) is 5.69 Å². The van der Waals surface area contributed by atoms with Gasteiger partial charge in [0.1, 0.15) is 18.1 Å². The number of carbonyl (C=O) groups is 1. The maximum Gasteiger partial charge on any atom is 0.225 e. The number of hydrogen-bond acceptors (Lipinski definition) is 4. The molecular weight excluding hydrogens is 328 g/mol. The molecule has 2 aromatic carbocycles. The van der Waals surface area contributed by atoms with Gasteiger partial charge in [-0.05, 0) is 48.5 Å². The zero-order chi connectivity index (χ0) is 17.2. The third kappa shape index (κ3) is 6.48. The number of halogens is 1. The summed E-state index contributed by atoms with van der Waals surface area (Å²) in [6.07, 6.45) is 0.394. The van der Waals surface area contributed by atoms with E-state index in [0.717, 1.165) is 17.2 Å². The predicted octanol–water partition coefficient (Wildman–Crippen LogP) is 3.35. The smallest absolute Gasteiger partial charge is 0.225 e. The van der Waals surface area contributed by atoms with Crippen molar-refractivity contribution in [2.24, 2.45) is 0 Å². The first-order valence-electron chi connectivity index (χ1n) is 7.70. The molecule has 128 valence electrons. The second kappa shape index (κ2) is 9.80. The van der Waals surface area contributed by atoms with Crippen LogP contribution in [-0.2, 0) is 4.79 Å². The van der Waals surface area contributed by atoms with Crippen LogP contribution in [0.1, 0.15) is 6.42 Å². The zero-order valence-electron chi connectivity index (χ0n) is 13.5. The van der Waals surface area contributed by atoms with Gasteiger partial charge in [-0.3, -0.25) is 4.79 Å². The standard InChI is InChI=1S/C18H21ClN2O3/c1-23-16-6-8-17(9-7-16)24-13-12-20-11-10-18(22)21-15-4-2-14(19)3-5-15/h2-9,20H,10-13H2,1H3,(H,21,22). The number of methoxy groups -OCH3 is 1. The summed E-state index contributed by atoms with van der Waals surface area (Å²) in [5.74, 6) is 1.55. The quantitative estimate of drug-likeness (QED) is 0.682. The van der Waals surface area contributed by atoms with Crippen LogP contribution in [0.25, 0.3) is 0 Å². The maximum atomic E-state index is 11.8. The highest BCUT2D eigenvalue weighted by Gasteiger charge is 2.02. The third-order valence-corrected chi connectivity index (χ3v) is 3.52. The van der Waals surface area contributed by atoms with Gasteiger partial charge < -0.3 is 20.1 Å². The molecule has 0 spiro atoms. The Morgan fingerprint density at radius 2 is 1.67 bits per heavy atom. The van der Waals surface area contributed by atoms with E-state index in [0.29, 0.717) is 31.1 Å². The number of amides is 1. The van der Waals surface area contributed by atoms with E-state index in [9.17, 15) is 4.79 Å². The van der Waals surface area contributed by atoms with E-state index in [-0.39, 0.29) is 5.91 Å². The second-order valence-corrected chi connectivity index (χ2v) is 5.52. The number of anilines is 1. The lowest BCUT2D eigenvalue weighted by molar-refractivity contribution is -0.116. The molecule has 0 saturated carbocycles. The SMILES string of the molecule is COc1ccc(OCCNCCC(=O)Nc2ccc(Cl)cc2)cc1. The average Bonchev–Trinajstić information content (AvgIpc) is 2.60. The highest BCUT2D eigenvalue weighted by molar-refractivity contribution is 6.30. The zero-order valence-corrected chi connectivity index (χ0v) is 14.3. The van der Waals surface area contributed by atoms with Crippen LogP contribution in [0.3, 0.4) is 0 Å². The summed E-state index contributed by atoms with van der Waals surface area (Å²) >= 11 is 5.80. The lowest BCUT2D eigenvalue weighted by Crippen LogP contribution is -2.25. The van der Waals surface area contributed by atoms with Crippen LogP contribution in [0.15, 0.2) is 48.5 Å². The first-order valence-corrected chi connectivity index (χ1v) is 8.08. The Morgan fingerprint density at radius 1 is 1.00 bits per heavy atom. The van der Waals surface area contributed by atoms with Gasteiger partial charge in [0.15, 0.2) is 0 Å². The van der Waals surface area contributed by atoms with E-state index in [1.54, 1.807) is 31.4 Å². The maximum absolute atomic E-state index is 11.8. The molecule has 2 rings (SSSR count).